The van der Waals surface area contributed by atoms with Gasteiger partial charge >= 0.3 is 0 Å². The van der Waals surface area contributed by atoms with E-state index in [0.717, 1.165) is 4.90 Å². The van der Waals surface area contributed by atoms with Crippen molar-refractivity contribution in [3.63, 3.8) is 0 Å². The summed E-state index contributed by atoms with van der Waals surface area (Å²) in [6.07, 6.45) is 2.28. The summed E-state index contributed by atoms with van der Waals surface area (Å²) in [4.78, 5) is 4.74. The second-order valence-electron chi connectivity index (χ2n) is 3.72. The van der Waals surface area contributed by atoms with Gasteiger partial charge in [0.05, 0.1) is 12.3 Å². The van der Waals surface area contributed by atoms with Crippen LogP contribution in [-0.2, 0) is 0 Å². The fourth-order valence-corrected chi connectivity index (χ4v) is 2.43. The van der Waals surface area contributed by atoms with Crippen LogP contribution >= 0.6 is 11.8 Å². The third-order valence-corrected chi connectivity index (χ3v) is 3.30. The third-order valence-electron chi connectivity index (χ3n) is 2.35. The van der Waals surface area contributed by atoms with Crippen LogP contribution in [0.25, 0.3) is 0 Å². The quantitative estimate of drug-likeness (QED) is 0.911. The maximum Gasteiger partial charge on any atom is 0.260 e. The number of rotatable bonds is 3. The Hall–Kier alpha value is -1.33. The number of hydrogen-bond acceptors (Lipinski definition) is 4. The van der Waals surface area contributed by atoms with Gasteiger partial charge in [0.2, 0.25) is 0 Å². The predicted octanol–water partition coefficient (Wildman–Crippen LogP) is 3.33. The minimum absolute atomic E-state index is 0.322. The van der Waals surface area contributed by atoms with Crippen molar-refractivity contribution < 1.29 is 13.9 Å². The molecule has 17 heavy (non-hydrogen) atoms. The van der Waals surface area contributed by atoms with Gasteiger partial charge in [-0.05, 0) is 48.9 Å². The first-order chi connectivity index (χ1) is 8.08. The van der Waals surface area contributed by atoms with Crippen molar-refractivity contribution in [2.45, 2.75) is 30.1 Å². The number of halogens is 1. The van der Waals surface area contributed by atoms with Crippen molar-refractivity contribution in [1.29, 1.82) is 0 Å². The summed E-state index contributed by atoms with van der Waals surface area (Å²) in [5, 5.41) is 10.1. The molecule has 0 unspecified atom stereocenters. The molecule has 0 fully saturated rings. The Kier molecular flexibility index (Phi) is 3.49. The lowest BCUT2D eigenvalue weighted by Gasteiger charge is -2.11. The zero-order valence-corrected chi connectivity index (χ0v) is 10.3. The Bertz CT molecular complexity index is 511. The summed E-state index contributed by atoms with van der Waals surface area (Å²) in [5.41, 5.74) is 1.07. The molecule has 0 spiro atoms. The highest BCUT2D eigenvalue weighted by Gasteiger charge is 2.14. The molecule has 0 aliphatic carbocycles. The molecule has 0 saturated carbocycles. The lowest BCUT2D eigenvalue weighted by atomic mass is 10.1. The highest BCUT2D eigenvalue weighted by Crippen LogP contribution is 2.34. The van der Waals surface area contributed by atoms with Gasteiger partial charge in [-0.3, -0.25) is 0 Å². The van der Waals surface area contributed by atoms with Crippen molar-refractivity contribution in [3.05, 3.63) is 41.5 Å². The minimum atomic E-state index is -0.734. The number of aromatic nitrogens is 1. The van der Waals surface area contributed by atoms with E-state index in [0.29, 0.717) is 16.3 Å². The number of hydrogen-bond donors (Lipinski definition) is 1. The number of aliphatic hydroxyl groups is 1. The maximum atomic E-state index is 13.4. The number of oxazole rings is 1. The number of aryl methyl sites for hydroxylation is 1. The van der Waals surface area contributed by atoms with Crippen molar-refractivity contribution >= 4 is 11.8 Å². The van der Waals surface area contributed by atoms with E-state index in [9.17, 15) is 9.50 Å². The van der Waals surface area contributed by atoms with Crippen LogP contribution < -0.4 is 0 Å². The van der Waals surface area contributed by atoms with Gasteiger partial charge in [0.1, 0.15) is 12.1 Å². The Morgan fingerprint density at radius 2 is 2.24 bits per heavy atom. The van der Waals surface area contributed by atoms with Gasteiger partial charge in [0.15, 0.2) is 0 Å². The van der Waals surface area contributed by atoms with Crippen LogP contribution in [0.2, 0.25) is 0 Å². The van der Waals surface area contributed by atoms with Crippen LogP contribution in [0.1, 0.15) is 24.2 Å². The molecule has 0 radical (unpaired) electrons. The molecule has 90 valence electrons. The summed E-state index contributed by atoms with van der Waals surface area (Å²) >= 11 is 1.27. The summed E-state index contributed by atoms with van der Waals surface area (Å²) < 4.78 is 18.6. The van der Waals surface area contributed by atoms with Crippen LogP contribution in [0.15, 0.2) is 39.1 Å². The number of nitrogens with zero attached hydrogens (tertiary/aromatic N) is 1. The molecule has 5 heteroatoms. The third kappa shape index (κ3) is 2.68. The molecule has 1 N–H and O–H groups in total. The first-order valence-electron chi connectivity index (χ1n) is 5.13. The standard InChI is InChI=1S/C12H12FNO2S/c1-7-5-11(17-12-14-3-4-16-12)9(8(2)15)6-10(7)13/h3-6,8,15H,1-2H3/t8-/m0/s1. The molecule has 2 rings (SSSR count). The number of aliphatic hydroxyl groups excluding tert-OH is 1. The molecule has 3 nitrogen and oxygen atoms in total. The molecule has 1 atom stereocenters. The SMILES string of the molecule is Cc1cc(Sc2ncco2)c([C@H](C)O)cc1F. The first kappa shape index (κ1) is 12.1. The molecule has 1 aromatic carbocycles. The topological polar surface area (TPSA) is 46.3 Å². The predicted molar refractivity (Wildman–Crippen MR) is 62.4 cm³/mol. The monoisotopic (exact) mass is 253 g/mol. The van der Waals surface area contributed by atoms with Crippen molar-refractivity contribution in [2.24, 2.45) is 0 Å². The van der Waals surface area contributed by atoms with E-state index in [4.69, 9.17) is 4.42 Å². The normalized spacial score (nSPS) is 12.7. The van der Waals surface area contributed by atoms with Crippen molar-refractivity contribution in [2.75, 3.05) is 0 Å². The molecule has 0 aliphatic heterocycles. The summed E-state index contributed by atoms with van der Waals surface area (Å²) in [5.74, 6) is -0.322. The minimum Gasteiger partial charge on any atom is -0.440 e. The van der Waals surface area contributed by atoms with Crippen molar-refractivity contribution in [3.8, 4) is 0 Å². The zero-order valence-electron chi connectivity index (χ0n) is 9.48. The van der Waals surface area contributed by atoms with Gasteiger partial charge in [-0.25, -0.2) is 9.37 Å². The molecule has 1 aromatic heterocycles. The Balaban J connectivity index is 2.41. The van der Waals surface area contributed by atoms with E-state index >= 15 is 0 Å². The van der Waals surface area contributed by atoms with E-state index in [1.165, 1.54) is 24.1 Å². The Morgan fingerprint density at radius 3 is 2.82 bits per heavy atom. The second kappa shape index (κ2) is 4.89. The van der Waals surface area contributed by atoms with E-state index in [1.807, 2.05) is 0 Å². The average molecular weight is 253 g/mol. The van der Waals surface area contributed by atoms with Gasteiger partial charge in [-0.2, -0.15) is 0 Å². The average Bonchev–Trinajstić information content (AvgIpc) is 2.75. The van der Waals surface area contributed by atoms with Crippen LogP contribution in [-0.4, -0.2) is 10.1 Å². The van der Waals surface area contributed by atoms with Gasteiger partial charge in [0, 0.05) is 4.90 Å². The second-order valence-corrected chi connectivity index (χ2v) is 4.71. The summed E-state index contributed by atoms with van der Waals surface area (Å²) in [6.45, 7) is 3.28. The molecule has 0 bridgehead atoms. The van der Waals surface area contributed by atoms with E-state index in [1.54, 1.807) is 26.1 Å². The smallest absolute Gasteiger partial charge is 0.260 e. The van der Waals surface area contributed by atoms with Crippen LogP contribution in [0.3, 0.4) is 0 Å². The largest absolute Gasteiger partial charge is 0.440 e. The fourth-order valence-electron chi connectivity index (χ4n) is 1.44. The molecule has 1 heterocycles. The maximum absolute atomic E-state index is 13.4. The van der Waals surface area contributed by atoms with E-state index in [-0.39, 0.29) is 5.82 Å². The van der Waals surface area contributed by atoms with Gasteiger partial charge in [0.25, 0.3) is 5.22 Å². The van der Waals surface area contributed by atoms with E-state index < -0.39 is 6.10 Å². The molecular formula is C12H12FNO2S. The lowest BCUT2D eigenvalue weighted by molar-refractivity contribution is 0.195. The van der Waals surface area contributed by atoms with Crippen molar-refractivity contribution in [1.82, 2.24) is 4.98 Å². The van der Waals surface area contributed by atoms with Crippen LogP contribution in [0.5, 0.6) is 0 Å². The zero-order chi connectivity index (χ0) is 12.4. The highest BCUT2D eigenvalue weighted by molar-refractivity contribution is 7.99. The first-order valence-corrected chi connectivity index (χ1v) is 5.95. The highest BCUT2D eigenvalue weighted by atomic mass is 32.2. The van der Waals surface area contributed by atoms with Gasteiger partial charge in [-0.1, -0.05) is 0 Å². The lowest BCUT2D eigenvalue weighted by Crippen LogP contribution is -1.97. The molecule has 2 aromatic rings. The molecule has 0 amide bonds. The summed E-state index contributed by atoms with van der Waals surface area (Å²) in [7, 11) is 0. The van der Waals surface area contributed by atoms with Gasteiger partial charge in [-0.15, -0.1) is 0 Å². The van der Waals surface area contributed by atoms with Crippen LogP contribution in [0.4, 0.5) is 4.39 Å². The Morgan fingerprint density at radius 1 is 1.47 bits per heavy atom. The molecule has 0 saturated heterocycles. The Labute approximate surface area is 103 Å². The molecule has 0 aliphatic rings. The fraction of sp³-hybridized carbons (Fsp3) is 0.250. The summed E-state index contributed by atoms with van der Waals surface area (Å²) in [6, 6.07) is 3.04. The van der Waals surface area contributed by atoms with Gasteiger partial charge < -0.3 is 9.52 Å². The molecular weight excluding hydrogens is 241 g/mol. The van der Waals surface area contributed by atoms with Crippen LogP contribution in [0, 0.1) is 12.7 Å². The number of benzene rings is 1. The van der Waals surface area contributed by atoms with E-state index in [2.05, 4.69) is 4.98 Å².